The molecule has 1 saturated heterocycles. The summed E-state index contributed by atoms with van der Waals surface area (Å²) in [6.45, 7) is 3.43. The summed E-state index contributed by atoms with van der Waals surface area (Å²) < 4.78 is 38.6. The van der Waals surface area contributed by atoms with E-state index in [0.717, 1.165) is 12.8 Å². The monoisotopic (exact) mass is 416 g/mol. The van der Waals surface area contributed by atoms with Crippen molar-refractivity contribution in [2.45, 2.75) is 30.8 Å². The predicted molar refractivity (Wildman–Crippen MR) is 108 cm³/mol. The number of nitrogens with zero attached hydrogens (tertiary/aromatic N) is 1. The zero-order valence-corrected chi connectivity index (χ0v) is 17.1. The maximum Gasteiger partial charge on any atom is 0.251 e. The molecule has 2 aliphatic heterocycles. The van der Waals surface area contributed by atoms with E-state index in [2.05, 4.69) is 5.32 Å². The molecule has 2 heterocycles. The number of para-hydroxylation sites is 2. The molecule has 0 saturated carbocycles. The maximum absolute atomic E-state index is 12.8. The lowest BCUT2D eigenvalue weighted by Gasteiger charge is -2.26. The molecule has 1 fully saturated rings. The van der Waals surface area contributed by atoms with Crippen molar-refractivity contribution in [3.8, 4) is 11.5 Å². The van der Waals surface area contributed by atoms with E-state index in [1.54, 1.807) is 19.1 Å². The van der Waals surface area contributed by atoms with Crippen molar-refractivity contribution in [2.75, 3.05) is 26.2 Å². The molecular weight excluding hydrogens is 392 g/mol. The third-order valence-corrected chi connectivity index (χ3v) is 7.11. The number of sulfonamides is 1. The number of amides is 1. The average Bonchev–Trinajstić information content (AvgIpc) is 3.28. The van der Waals surface area contributed by atoms with Gasteiger partial charge in [0.2, 0.25) is 10.0 Å². The van der Waals surface area contributed by atoms with Crippen molar-refractivity contribution < 1.29 is 22.7 Å². The number of hydrogen-bond acceptors (Lipinski definition) is 5. The molecule has 0 radical (unpaired) electrons. The van der Waals surface area contributed by atoms with E-state index in [4.69, 9.17) is 9.47 Å². The lowest BCUT2D eigenvalue weighted by Crippen LogP contribution is -2.41. The molecule has 1 atom stereocenters. The number of benzene rings is 2. The summed E-state index contributed by atoms with van der Waals surface area (Å²) in [7, 11) is -3.57. The average molecular weight is 416 g/mol. The molecule has 1 unspecified atom stereocenters. The van der Waals surface area contributed by atoms with E-state index in [9.17, 15) is 13.2 Å². The summed E-state index contributed by atoms with van der Waals surface area (Å²) in [5.41, 5.74) is 1.07. The lowest BCUT2D eigenvalue weighted by molar-refractivity contribution is 0.0789. The minimum absolute atomic E-state index is 0.154. The number of fused-ring (bicyclic) bond motifs is 1. The Hall–Kier alpha value is -2.58. The molecule has 2 aliphatic rings. The van der Waals surface area contributed by atoms with Crippen LogP contribution >= 0.6 is 0 Å². The SMILES string of the molecule is Cc1ccc(S(=O)(=O)N2CCCC2)cc1C(=O)NCC1COc2ccccc2O1. The van der Waals surface area contributed by atoms with E-state index in [0.29, 0.717) is 42.3 Å². The van der Waals surface area contributed by atoms with Crippen LogP contribution < -0.4 is 14.8 Å². The molecule has 2 aromatic carbocycles. The molecule has 0 bridgehead atoms. The highest BCUT2D eigenvalue weighted by Crippen LogP contribution is 2.30. The van der Waals surface area contributed by atoms with Crippen LogP contribution in [0.5, 0.6) is 11.5 Å². The van der Waals surface area contributed by atoms with Crippen LogP contribution in [0.3, 0.4) is 0 Å². The van der Waals surface area contributed by atoms with Crippen molar-refractivity contribution in [3.63, 3.8) is 0 Å². The molecule has 0 spiro atoms. The Kier molecular flexibility index (Phi) is 5.47. The van der Waals surface area contributed by atoms with Crippen LogP contribution in [-0.4, -0.2) is 51.0 Å². The van der Waals surface area contributed by atoms with Gasteiger partial charge in [-0.3, -0.25) is 4.79 Å². The van der Waals surface area contributed by atoms with Crippen molar-refractivity contribution >= 4 is 15.9 Å². The van der Waals surface area contributed by atoms with Gasteiger partial charge in [0.1, 0.15) is 12.7 Å². The Morgan fingerprint density at radius 1 is 1.14 bits per heavy atom. The number of hydrogen-bond donors (Lipinski definition) is 1. The van der Waals surface area contributed by atoms with Gasteiger partial charge >= 0.3 is 0 Å². The minimum Gasteiger partial charge on any atom is -0.486 e. The summed E-state index contributed by atoms with van der Waals surface area (Å²) in [5, 5.41) is 2.84. The largest absolute Gasteiger partial charge is 0.486 e. The summed E-state index contributed by atoms with van der Waals surface area (Å²) in [6, 6.07) is 12.1. The molecule has 1 N–H and O–H groups in total. The Morgan fingerprint density at radius 2 is 1.86 bits per heavy atom. The lowest BCUT2D eigenvalue weighted by atomic mass is 10.1. The molecule has 154 valence electrons. The number of ether oxygens (including phenoxy) is 2. The summed E-state index contributed by atoms with van der Waals surface area (Å²) in [5.74, 6) is 1.00. The smallest absolute Gasteiger partial charge is 0.251 e. The fraction of sp³-hybridized carbons (Fsp3) is 0.381. The predicted octanol–water partition coefficient (Wildman–Crippen LogP) is 2.35. The van der Waals surface area contributed by atoms with Gasteiger partial charge in [-0.05, 0) is 49.6 Å². The van der Waals surface area contributed by atoms with E-state index >= 15 is 0 Å². The second kappa shape index (κ2) is 8.04. The summed E-state index contributed by atoms with van der Waals surface area (Å²) >= 11 is 0. The minimum atomic E-state index is -3.57. The Bertz CT molecular complexity index is 1020. The van der Waals surface area contributed by atoms with Crippen molar-refractivity contribution in [1.29, 1.82) is 0 Å². The number of carbonyl (C=O) groups is 1. The first-order valence-corrected chi connectivity index (χ1v) is 11.2. The number of nitrogens with one attached hydrogen (secondary N) is 1. The van der Waals surface area contributed by atoms with Crippen LogP contribution in [-0.2, 0) is 10.0 Å². The first-order chi connectivity index (χ1) is 13.9. The fourth-order valence-electron chi connectivity index (χ4n) is 3.55. The van der Waals surface area contributed by atoms with E-state index in [1.807, 2.05) is 24.3 Å². The molecule has 0 aliphatic carbocycles. The van der Waals surface area contributed by atoms with Gasteiger partial charge in [0.05, 0.1) is 11.4 Å². The zero-order valence-electron chi connectivity index (χ0n) is 16.3. The molecule has 7 nitrogen and oxygen atoms in total. The third kappa shape index (κ3) is 4.09. The molecule has 0 aromatic heterocycles. The normalized spacial score (nSPS) is 19.1. The quantitative estimate of drug-likeness (QED) is 0.809. The standard InChI is InChI=1S/C21H24N2O5S/c1-15-8-9-17(29(25,26)23-10-4-5-11-23)12-18(15)21(24)22-13-16-14-27-19-6-2-3-7-20(19)28-16/h2-3,6-9,12,16H,4-5,10-11,13-14H2,1H3,(H,22,24). The van der Waals surface area contributed by atoms with E-state index < -0.39 is 10.0 Å². The highest BCUT2D eigenvalue weighted by Gasteiger charge is 2.28. The Labute approximate surface area is 170 Å². The van der Waals surface area contributed by atoms with Gasteiger partial charge in [0, 0.05) is 18.7 Å². The highest BCUT2D eigenvalue weighted by molar-refractivity contribution is 7.89. The Balaban J connectivity index is 1.45. The van der Waals surface area contributed by atoms with E-state index in [1.165, 1.54) is 10.4 Å². The highest BCUT2D eigenvalue weighted by atomic mass is 32.2. The van der Waals surface area contributed by atoms with Gasteiger partial charge < -0.3 is 14.8 Å². The van der Waals surface area contributed by atoms with Crippen molar-refractivity contribution in [1.82, 2.24) is 9.62 Å². The van der Waals surface area contributed by atoms with Crippen LogP contribution in [0.4, 0.5) is 0 Å². The van der Waals surface area contributed by atoms with E-state index in [-0.39, 0.29) is 23.5 Å². The molecule has 2 aromatic rings. The van der Waals surface area contributed by atoms with Crippen LogP contribution in [0.25, 0.3) is 0 Å². The van der Waals surface area contributed by atoms with Gasteiger partial charge in [-0.25, -0.2) is 8.42 Å². The molecule has 4 rings (SSSR count). The topological polar surface area (TPSA) is 84.9 Å². The number of carbonyl (C=O) groups excluding carboxylic acids is 1. The molecular formula is C21H24N2O5S. The fourth-order valence-corrected chi connectivity index (χ4v) is 5.09. The van der Waals surface area contributed by atoms with Crippen LogP contribution in [0.1, 0.15) is 28.8 Å². The second-order valence-corrected chi connectivity index (χ2v) is 9.23. The summed E-state index contributed by atoms with van der Waals surface area (Å²) in [4.78, 5) is 12.9. The Morgan fingerprint density at radius 3 is 2.62 bits per heavy atom. The second-order valence-electron chi connectivity index (χ2n) is 7.30. The van der Waals surface area contributed by atoms with Crippen LogP contribution in [0.2, 0.25) is 0 Å². The first kappa shape index (κ1) is 19.7. The summed E-state index contributed by atoms with van der Waals surface area (Å²) in [6.07, 6.45) is 1.42. The van der Waals surface area contributed by atoms with Gasteiger partial charge in [0.15, 0.2) is 11.5 Å². The third-order valence-electron chi connectivity index (χ3n) is 5.21. The van der Waals surface area contributed by atoms with Gasteiger partial charge in [0.25, 0.3) is 5.91 Å². The van der Waals surface area contributed by atoms with Crippen LogP contribution in [0, 0.1) is 6.92 Å². The molecule has 1 amide bonds. The van der Waals surface area contributed by atoms with Gasteiger partial charge in [-0.2, -0.15) is 4.31 Å². The molecule has 29 heavy (non-hydrogen) atoms. The first-order valence-electron chi connectivity index (χ1n) is 9.72. The zero-order chi connectivity index (χ0) is 20.4. The van der Waals surface area contributed by atoms with Crippen molar-refractivity contribution in [3.05, 3.63) is 53.6 Å². The maximum atomic E-state index is 12.8. The molecule has 8 heteroatoms. The number of rotatable bonds is 5. The number of aryl methyl sites for hydroxylation is 1. The van der Waals surface area contributed by atoms with Crippen LogP contribution in [0.15, 0.2) is 47.4 Å². The van der Waals surface area contributed by atoms with Gasteiger partial charge in [-0.15, -0.1) is 0 Å². The van der Waals surface area contributed by atoms with Crippen molar-refractivity contribution in [2.24, 2.45) is 0 Å². The van der Waals surface area contributed by atoms with Gasteiger partial charge in [-0.1, -0.05) is 18.2 Å².